The van der Waals surface area contributed by atoms with Gasteiger partial charge in [-0.05, 0) is 60.7 Å². The molecule has 2 aromatic rings. The first kappa shape index (κ1) is 17.1. The molecule has 4 heteroatoms. The molecule has 0 bridgehead atoms. The summed E-state index contributed by atoms with van der Waals surface area (Å²) in [7, 11) is 0. The second kappa shape index (κ2) is 7.48. The predicted octanol–water partition coefficient (Wildman–Crippen LogP) is 5.03. The van der Waals surface area contributed by atoms with E-state index in [-0.39, 0.29) is 23.8 Å². The van der Waals surface area contributed by atoms with Gasteiger partial charge in [0.15, 0.2) is 0 Å². The van der Waals surface area contributed by atoms with Crippen molar-refractivity contribution in [3.8, 4) is 11.5 Å². The Morgan fingerprint density at radius 2 is 1.08 bits per heavy atom. The second-order valence-electron chi connectivity index (χ2n) is 7.48. The van der Waals surface area contributed by atoms with E-state index in [1.54, 1.807) is 0 Å². The fourth-order valence-corrected chi connectivity index (χ4v) is 4.05. The van der Waals surface area contributed by atoms with Gasteiger partial charge in [-0.15, -0.1) is 0 Å². The predicted molar refractivity (Wildman–Crippen MR) is 99.1 cm³/mol. The summed E-state index contributed by atoms with van der Waals surface area (Å²) in [6, 6.07) is 11.2. The number of benzene rings is 2. The van der Waals surface area contributed by atoms with Crippen molar-refractivity contribution in [2.24, 2.45) is 11.8 Å². The van der Waals surface area contributed by atoms with Gasteiger partial charge in [-0.1, -0.05) is 37.8 Å². The zero-order valence-corrected chi connectivity index (χ0v) is 14.9. The maximum absolute atomic E-state index is 12.2. The lowest BCUT2D eigenvalue weighted by Gasteiger charge is -2.11. The number of hydrogen-bond donors (Lipinski definition) is 0. The first-order valence-corrected chi connectivity index (χ1v) is 9.66. The topological polar surface area (TPSA) is 52.6 Å². The summed E-state index contributed by atoms with van der Waals surface area (Å²) in [4.78, 5) is 24.4. The van der Waals surface area contributed by atoms with Gasteiger partial charge in [0, 0.05) is 0 Å². The van der Waals surface area contributed by atoms with Crippen molar-refractivity contribution in [1.82, 2.24) is 0 Å². The van der Waals surface area contributed by atoms with Crippen LogP contribution in [-0.2, 0) is 9.59 Å². The van der Waals surface area contributed by atoms with Crippen LogP contribution in [0.4, 0.5) is 0 Å². The molecule has 0 spiro atoms. The smallest absolute Gasteiger partial charge is 0.314 e. The Morgan fingerprint density at radius 1 is 0.654 bits per heavy atom. The molecule has 0 N–H and O–H groups in total. The van der Waals surface area contributed by atoms with Crippen molar-refractivity contribution >= 4 is 22.7 Å². The van der Waals surface area contributed by atoms with Gasteiger partial charge in [0.05, 0.1) is 11.8 Å². The Labute approximate surface area is 153 Å². The quantitative estimate of drug-likeness (QED) is 0.572. The van der Waals surface area contributed by atoms with Gasteiger partial charge in [-0.25, -0.2) is 0 Å². The van der Waals surface area contributed by atoms with E-state index >= 15 is 0 Å². The average Bonchev–Trinajstić information content (AvgIpc) is 3.35. The van der Waals surface area contributed by atoms with Crippen LogP contribution in [0.2, 0.25) is 0 Å². The van der Waals surface area contributed by atoms with Crippen molar-refractivity contribution in [2.45, 2.75) is 51.4 Å². The highest BCUT2D eigenvalue weighted by molar-refractivity contribution is 5.87. The summed E-state index contributed by atoms with van der Waals surface area (Å²) in [5.74, 6) is 0.896. The van der Waals surface area contributed by atoms with Crippen molar-refractivity contribution in [2.75, 3.05) is 0 Å². The molecule has 2 aromatic carbocycles. The minimum absolute atomic E-state index is 0.0318. The number of esters is 2. The van der Waals surface area contributed by atoms with Crippen molar-refractivity contribution in [3.05, 3.63) is 36.4 Å². The molecule has 0 heterocycles. The zero-order valence-electron chi connectivity index (χ0n) is 14.9. The number of hydrogen-bond acceptors (Lipinski definition) is 4. The molecule has 136 valence electrons. The maximum Gasteiger partial charge on any atom is 0.314 e. The molecule has 0 saturated heterocycles. The molecule has 0 aromatic heterocycles. The zero-order chi connectivity index (χ0) is 17.9. The van der Waals surface area contributed by atoms with Crippen molar-refractivity contribution in [3.63, 3.8) is 0 Å². The summed E-state index contributed by atoms with van der Waals surface area (Å²) < 4.78 is 11.1. The fourth-order valence-electron chi connectivity index (χ4n) is 4.05. The molecular weight excluding hydrogens is 328 g/mol. The first-order valence-electron chi connectivity index (χ1n) is 9.66. The molecule has 0 atom stereocenters. The highest BCUT2D eigenvalue weighted by atomic mass is 16.5. The summed E-state index contributed by atoms with van der Waals surface area (Å²) in [6.07, 6.45) is 8.11. The van der Waals surface area contributed by atoms with E-state index in [2.05, 4.69) is 0 Å². The lowest BCUT2D eigenvalue weighted by molar-refractivity contribution is -0.139. The van der Waals surface area contributed by atoms with Crippen LogP contribution in [0.1, 0.15) is 51.4 Å². The lowest BCUT2D eigenvalue weighted by atomic mass is 10.1. The minimum Gasteiger partial charge on any atom is -0.426 e. The Balaban J connectivity index is 1.48. The first-order chi connectivity index (χ1) is 12.7. The van der Waals surface area contributed by atoms with Gasteiger partial charge in [-0.2, -0.15) is 0 Å². The molecule has 0 unspecified atom stereocenters. The number of ether oxygens (including phenoxy) is 2. The fraction of sp³-hybridized carbons (Fsp3) is 0.455. The van der Waals surface area contributed by atoms with E-state index in [1.807, 2.05) is 36.4 Å². The Morgan fingerprint density at radius 3 is 1.50 bits per heavy atom. The average molecular weight is 352 g/mol. The third-order valence-electron chi connectivity index (χ3n) is 5.60. The Hall–Kier alpha value is -2.36. The van der Waals surface area contributed by atoms with Crippen LogP contribution >= 0.6 is 0 Å². The summed E-state index contributed by atoms with van der Waals surface area (Å²) in [5.41, 5.74) is 0. The van der Waals surface area contributed by atoms with E-state index in [1.165, 1.54) is 0 Å². The standard InChI is InChI=1S/C22H24O4/c23-21(16-5-1-2-6-16)25-19-11-9-15-10-12-20(14-18(15)13-19)26-22(24)17-7-3-4-8-17/h9-14,16-17H,1-8H2. The summed E-state index contributed by atoms with van der Waals surface area (Å²) in [5, 5.41) is 1.92. The second-order valence-corrected chi connectivity index (χ2v) is 7.48. The summed E-state index contributed by atoms with van der Waals surface area (Å²) >= 11 is 0. The molecular formula is C22H24O4. The van der Waals surface area contributed by atoms with Crippen LogP contribution in [0.25, 0.3) is 10.8 Å². The lowest BCUT2D eigenvalue weighted by Crippen LogP contribution is -2.17. The van der Waals surface area contributed by atoms with E-state index < -0.39 is 0 Å². The van der Waals surface area contributed by atoms with Gasteiger partial charge >= 0.3 is 11.9 Å². The maximum atomic E-state index is 12.2. The highest BCUT2D eigenvalue weighted by Gasteiger charge is 2.25. The molecule has 2 saturated carbocycles. The number of rotatable bonds is 4. The highest BCUT2D eigenvalue weighted by Crippen LogP contribution is 2.30. The minimum atomic E-state index is -0.134. The van der Waals surface area contributed by atoms with Gasteiger partial charge < -0.3 is 9.47 Å². The SMILES string of the molecule is O=C(Oc1ccc2ccc(OC(=O)C3CCCC3)cc2c1)C1CCCC1. The molecule has 2 fully saturated rings. The number of fused-ring (bicyclic) bond motifs is 1. The van der Waals surface area contributed by atoms with Crippen LogP contribution in [0.3, 0.4) is 0 Å². The number of carbonyl (C=O) groups is 2. The third-order valence-corrected chi connectivity index (χ3v) is 5.60. The molecule has 2 aliphatic rings. The molecule has 4 rings (SSSR count). The Bertz CT molecular complexity index is 749. The van der Waals surface area contributed by atoms with Gasteiger partial charge in [0.25, 0.3) is 0 Å². The van der Waals surface area contributed by atoms with Crippen LogP contribution in [0, 0.1) is 11.8 Å². The van der Waals surface area contributed by atoms with E-state index in [0.717, 1.165) is 62.1 Å². The largest absolute Gasteiger partial charge is 0.426 e. The van der Waals surface area contributed by atoms with Gasteiger partial charge in [0.1, 0.15) is 11.5 Å². The van der Waals surface area contributed by atoms with E-state index in [9.17, 15) is 9.59 Å². The Kier molecular flexibility index (Phi) is 4.91. The molecule has 4 nitrogen and oxygen atoms in total. The third kappa shape index (κ3) is 3.74. The monoisotopic (exact) mass is 352 g/mol. The van der Waals surface area contributed by atoms with E-state index in [0.29, 0.717) is 11.5 Å². The normalized spacial score (nSPS) is 18.3. The van der Waals surface area contributed by atoms with Crippen molar-refractivity contribution < 1.29 is 19.1 Å². The molecule has 0 aliphatic heterocycles. The molecule has 26 heavy (non-hydrogen) atoms. The molecule has 2 aliphatic carbocycles. The van der Waals surface area contributed by atoms with Crippen LogP contribution in [0.15, 0.2) is 36.4 Å². The van der Waals surface area contributed by atoms with Crippen molar-refractivity contribution in [1.29, 1.82) is 0 Å². The van der Waals surface area contributed by atoms with Gasteiger partial charge in [-0.3, -0.25) is 9.59 Å². The summed E-state index contributed by atoms with van der Waals surface area (Å²) in [6.45, 7) is 0. The van der Waals surface area contributed by atoms with E-state index in [4.69, 9.17) is 9.47 Å². The van der Waals surface area contributed by atoms with Crippen LogP contribution in [0.5, 0.6) is 11.5 Å². The van der Waals surface area contributed by atoms with Crippen LogP contribution < -0.4 is 9.47 Å². The number of carbonyl (C=O) groups excluding carboxylic acids is 2. The van der Waals surface area contributed by atoms with Gasteiger partial charge in [0.2, 0.25) is 0 Å². The molecule has 0 radical (unpaired) electrons. The van der Waals surface area contributed by atoms with Crippen LogP contribution in [-0.4, -0.2) is 11.9 Å². The molecule has 0 amide bonds.